The Bertz CT molecular complexity index is 1390. The molecule has 6 heteroatoms. The van der Waals surface area contributed by atoms with Gasteiger partial charge in [-0.25, -0.2) is 8.42 Å². The summed E-state index contributed by atoms with van der Waals surface area (Å²) in [6.07, 6.45) is 0. The molecule has 5 nitrogen and oxygen atoms in total. The molecule has 0 radical (unpaired) electrons. The van der Waals surface area contributed by atoms with Gasteiger partial charge < -0.3 is 5.32 Å². The number of carbonyl (C=O) groups is 1. The lowest BCUT2D eigenvalue weighted by Gasteiger charge is -2.27. The summed E-state index contributed by atoms with van der Waals surface area (Å²) in [5.41, 5.74) is 3.55. The summed E-state index contributed by atoms with van der Waals surface area (Å²) in [5.74, 6) is -0.338. The predicted octanol–water partition coefficient (Wildman–Crippen LogP) is 5.88. The Balaban J connectivity index is 1.73. The summed E-state index contributed by atoms with van der Waals surface area (Å²) in [6.45, 7) is 4.02. The van der Waals surface area contributed by atoms with Gasteiger partial charge in [0, 0.05) is 0 Å². The Hall–Kier alpha value is -3.90. The van der Waals surface area contributed by atoms with Crippen molar-refractivity contribution in [1.82, 2.24) is 5.32 Å². The molecular formula is C29H28N2O3S. The van der Waals surface area contributed by atoms with Gasteiger partial charge in [0.1, 0.15) is 0 Å². The molecule has 0 aliphatic carbocycles. The van der Waals surface area contributed by atoms with Gasteiger partial charge in [-0.3, -0.25) is 9.10 Å². The molecule has 35 heavy (non-hydrogen) atoms. The normalized spacial score (nSPS) is 12.1. The van der Waals surface area contributed by atoms with Crippen molar-refractivity contribution in [3.05, 3.63) is 131 Å². The van der Waals surface area contributed by atoms with Crippen LogP contribution in [0.3, 0.4) is 0 Å². The van der Waals surface area contributed by atoms with Crippen LogP contribution >= 0.6 is 0 Å². The summed E-state index contributed by atoms with van der Waals surface area (Å²) < 4.78 is 28.9. The monoisotopic (exact) mass is 484 g/mol. The number of para-hydroxylation sites is 1. The highest BCUT2D eigenvalue weighted by molar-refractivity contribution is 7.92. The third-order valence-corrected chi connectivity index (χ3v) is 7.62. The molecule has 0 aliphatic heterocycles. The second-order valence-electron chi connectivity index (χ2n) is 8.43. The highest BCUT2D eigenvalue weighted by atomic mass is 32.2. The van der Waals surface area contributed by atoms with Crippen LogP contribution in [0.4, 0.5) is 5.69 Å². The first-order valence-electron chi connectivity index (χ1n) is 11.4. The Morgan fingerprint density at radius 2 is 1.37 bits per heavy atom. The number of nitrogens with zero attached hydrogens (tertiary/aromatic N) is 1. The molecule has 0 saturated carbocycles. The van der Waals surface area contributed by atoms with E-state index in [1.807, 2.05) is 68.4 Å². The molecular weight excluding hydrogens is 456 g/mol. The number of hydrogen-bond donors (Lipinski definition) is 1. The van der Waals surface area contributed by atoms with Crippen LogP contribution in [0.25, 0.3) is 0 Å². The summed E-state index contributed by atoms with van der Waals surface area (Å²) in [4.78, 5) is 13.6. The smallest absolute Gasteiger partial charge is 0.264 e. The average Bonchev–Trinajstić information content (AvgIpc) is 2.88. The van der Waals surface area contributed by atoms with Crippen molar-refractivity contribution in [3.63, 3.8) is 0 Å². The quantitative estimate of drug-likeness (QED) is 0.340. The summed E-state index contributed by atoms with van der Waals surface area (Å²) in [6, 6.07) is 32.2. The average molecular weight is 485 g/mol. The van der Waals surface area contributed by atoms with Crippen LogP contribution in [0.5, 0.6) is 0 Å². The van der Waals surface area contributed by atoms with Crippen LogP contribution in [-0.2, 0) is 16.6 Å². The van der Waals surface area contributed by atoms with Crippen molar-refractivity contribution in [2.45, 2.75) is 31.3 Å². The predicted molar refractivity (Wildman–Crippen MR) is 140 cm³/mol. The molecule has 0 saturated heterocycles. The zero-order valence-corrected chi connectivity index (χ0v) is 20.6. The minimum atomic E-state index is -3.94. The number of carbonyl (C=O) groups excluding carboxylic acids is 1. The number of anilines is 1. The zero-order chi connectivity index (χ0) is 24.8. The van der Waals surface area contributed by atoms with E-state index in [0.29, 0.717) is 11.3 Å². The molecule has 4 aromatic rings. The fourth-order valence-corrected chi connectivity index (χ4v) is 5.36. The van der Waals surface area contributed by atoms with Gasteiger partial charge in [-0.15, -0.1) is 0 Å². The minimum Gasteiger partial charge on any atom is -0.345 e. The molecule has 0 bridgehead atoms. The first-order valence-corrected chi connectivity index (χ1v) is 12.9. The summed E-state index contributed by atoms with van der Waals surface area (Å²) >= 11 is 0. The fraction of sp³-hybridized carbons (Fsp3) is 0.138. The summed E-state index contributed by atoms with van der Waals surface area (Å²) in [5, 5.41) is 3.02. The summed E-state index contributed by atoms with van der Waals surface area (Å²) in [7, 11) is -3.94. The molecule has 4 rings (SSSR count). The molecule has 0 fully saturated rings. The van der Waals surface area contributed by atoms with Gasteiger partial charge in [-0.1, -0.05) is 90.5 Å². The van der Waals surface area contributed by atoms with Crippen molar-refractivity contribution in [2.75, 3.05) is 4.31 Å². The van der Waals surface area contributed by atoms with E-state index in [1.165, 1.54) is 4.31 Å². The highest BCUT2D eigenvalue weighted by Crippen LogP contribution is 2.29. The van der Waals surface area contributed by atoms with Crippen LogP contribution < -0.4 is 9.62 Å². The van der Waals surface area contributed by atoms with E-state index >= 15 is 0 Å². The van der Waals surface area contributed by atoms with Gasteiger partial charge >= 0.3 is 0 Å². The van der Waals surface area contributed by atoms with Crippen molar-refractivity contribution < 1.29 is 13.2 Å². The Morgan fingerprint density at radius 3 is 2.03 bits per heavy atom. The molecule has 178 valence electrons. The van der Waals surface area contributed by atoms with Crippen LogP contribution in [0.2, 0.25) is 0 Å². The maximum Gasteiger partial charge on any atom is 0.264 e. The number of nitrogens with one attached hydrogen (secondary N) is 1. The topological polar surface area (TPSA) is 66.5 Å². The highest BCUT2D eigenvalue weighted by Gasteiger charge is 2.28. The molecule has 1 amide bonds. The standard InChI is InChI=1S/C29H28N2O3S/c1-22-17-19-25(20-18-22)23(2)30-29(32)27-15-9-10-16-28(27)31(21-24-11-5-3-6-12-24)35(33,34)26-13-7-4-8-14-26/h3-20,23H,21H2,1-2H3,(H,30,32)/t23-/m1/s1. The van der Waals surface area contributed by atoms with Gasteiger partial charge in [0.05, 0.1) is 28.7 Å². The third kappa shape index (κ3) is 5.61. The van der Waals surface area contributed by atoms with Gasteiger partial charge in [0.2, 0.25) is 0 Å². The van der Waals surface area contributed by atoms with Crippen LogP contribution in [0.15, 0.2) is 114 Å². The van der Waals surface area contributed by atoms with Crippen molar-refractivity contribution in [1.29, 1.82) is 0 Å². The lowest BCUT2D eigenvalue weighted by Crippen LogP contribution is -2.34. The lowest BCUT2D eigenvalue weighted by molar-refractivity contribution is 0.0940. The number of hydrogen-bond acceptors (Lipinski definition) is 3. The Morgan fingerprint density at radius 1 is 0.800 bits per heavy atom. The van der Waals surface area contributed by atoms with Crippen molar-refractivity contribution >= 4 is 21.6 Å². The Labute approximate surface area is 207 Å². The molecule has 0 aliphatic rings. The van der Waals surface area contributed by atoms with E-state index in [-0.39, 0.29) is 23.4 Å². The number of sulfonamides is 1. The molecule has 0 aromatic heterocycles. The molecule has 4 aromatic carbocycles. The maximum absolute atomic E-state index is 13.8. The van der Waals surface area contributed by atoms with Crippen LogP contribution in [-0.4, -0.2) is 14.3 Å². The molecule has 0 spiro atoms. The largest absolute Gasteiger partial charge is 0.345 e. The van der Waals surface area contributed by atoms with E-state index in [2.05, 4.69) is 5.32 Å². The van der Waals surface area contributed by atoms with E-state index < -0.39 is 10.0 Å². The second kappa shape index (κ2) is 10.6. The number of benzene rings is 4. The molecule has 0 unspecified atom stereocenters. The van der Waals surface area contributed by atoms with E-state index in [4.69, 9.17) is 0 Å². The van der Waals surface area contributed by atoms with Crippen molar-refractivity contribution in [2.24, 2.45) is 0 Å². The number of rotatable bonds is 8. The SMILES string of the molecule is Cc1ccc([C@@H](C)NC(=O)c2ccccc2N(Cc2ccccc2)S(=O)(=O)c2ccccc2)cc1. The number of amides is 1. The second-order valence-corrected chi connectivity index (χ2v) is 10.3. The minimum absolute atomic E-state index is 0.0931. The first-order chi connectivity index (χ1) is 16.9. The van der Waals surface area contributed by atoms with Gasteiger partial charge in [0.25, 0.3) is 15.9 Å². The molecule has 0 heterocycles. The number of aryl methyl sites for hydroxylation is 1. The molecule has 1 N–H and O–H groups in total. The van der Waals surface area contributed by atoms with Crippen molar-refractivity contribution in [3.8, 4) is 0 Å². The van der Waals surface area contributed by atoms with Gasteiger partial charge in [-0.2, -0.15) is 0 Å². The Kier molecular flexibility index (Phi) is 7.32. The van der Waals surface area contributed by atoms with Gasteiger partial charge in [-0.05, 0) is 49.2 Å². The van der Waals surface area contributed by atoms with Gasteiger partial charge in [0.15, 0.2) is 0 Å². The van der Waals surface area contributed by atoms with E-state index in [0.717, 1.165) is 16.7 Å². The van der Waals surface area contributed by atoms with Crippen LogP contribution in [0.1, 0.15) is 40.0 Å². The molecule has 1 atom stereocenters. The van der Waals surface area contributed by atoms with E-state index in [1.54, 1.807) is 54.6 Å². The first kappa shape index (κ1) is 24.2. The third-order valence-electron chi connectivity index (χ3n) is 5.84. The zero-order valence-electron chi connectivity index (χ0n) is 19.8. The maximum atomic E-state index is 13.8. The lowest BCUT2D eigenvalue weighted by atomic mass is 10.1. The van der Waals surface area contributed by atoms with Crippen LogP contribution in [0, 0.1) is 6.92 Å². The fourth-order valence-electron chi connectivity index (χ4n) is 3.86. The van der Waals surface area contributed by atoms with E-state index in [9.17, 15) is 13.2 Å².